The van der Waals surface area contributed by atoms with Gasteiger partial charge in [-0.1, -0.05) is 23.2 Å². The zero-order chi connectivity index (χ0) is 8.43. The molecule has 0 aliphatic rings. The lowest BCUT2D eigenvalue weighted by Crippen LogP contribution is -1.96. The van der Waals surface area contributed by atoms with E-state index in [4.69, 9.17) is 28.3 Å². The van der Waals surface area contributed by atoms with Crippen LogP contribution >= 0.6 is 23.2 Å². The highest BCUT2D eigenvalue weighted by atomic mass is 35.5. The van der Waals surface area contributed by atoms with E-state index in [-0.39, 0.29) is 16.7 Å². The molecule has 0 spiro atoms. The van der Waals surface area contributed by atoms with Crippen molar-refractivity contribution in [1.82, 2.24) is 6.15 Å². The Bertz CT molecular complexity index is 301. The van der Waals surface area contributed by atoms with Crippen LogP contribution in [-0.2, 0) is 0 Å². The first-order valence-electron chi connectivity index (χ1n) is 2.79. The molecular weight excluding hydrogens is 201 g/mol. The number of carboxylic acids is 1. The van der Waals surface area contributed by atoms with Gasteiger partial charge in [-0.05, 0) is 18.2 Å². The van der Waals surface area contributed by atoms with E-state index in [1.165, 1.54) is 18.2 Å². The van der Waals surface area contributed by atoms with Crippen LogP contribution in [0.4, 0.5) is 0 Å². The molecule has 0 saturated heterocycles. The SMILES string of the molecule is N.O=C(O)c1ccc(Cl)cc1Cl. The summed E-state index contributed by atoms with van der Waals surface area (Å²) in [4.78, 5) is 10.4. The van der Waals surface area contributed by atoms with Gasteiger partial charge in [-0.25, -0.2) is 4.79 Å². The average molecular weight is 208 g/mol. The van der Waals surface area contributed by atoms with Gasteiger partial charge in [-0.15, -0.1) is 0 Å². The van der Waals surface area contributed by atoms with Crippen LogP contribution < -0.4 is 6.15 Å². The summed E-state index contributed by atoms with van der Waals surface area (Å²) in [6, 6.07) is 4.25. The maximum Gasteiger partial charge on any atom is 0.337 e. The van der Waals surface area contributed by atoms with E-state index < -0.39 is 5.97 Å². The molecule has 66 valence electrons. The quantitative estimate of drug-likeness (QED) is 0.745. The Labute approximate surface area is 79.5 Å². The number of hydrogen-bond acceptors (Lipinski definition) is 2. The van der Waals surface area contributed by atoms with Crippen LogP contribution in [0.2, 0.25) is 10.0 Å². The third-order valence-electron chi connectivity index (χ3n) is 1.16. The Hall–Kier alpha value is -0.770. The lowest BCUT2D eigenvalue weighted by molar-refractivity contribution is 0.0697. The Morgan fingerprint density at radius 2 is 1.92 bits per heavy atom. The largest absolute Gasteiger partial charge is 0.478 e. The number of aromatic carboxylic acids is 1. The Morgan fingerprint density at radius 1 is 1.33 bits per heavy atom. The molecule has 5 heteroatoms. The predicted octanol–water partition coefficient (Wildman–Crippen LogP) is 2.85. The highest BCUT2D eigenvalue weighted by Gasteiger charge is 2.07. The molecule has 0 unspecified atom stereocenters. The van der Waals surface area contributed by atoms with Crippen molar-refractivity contribution in [2.45, 2.75) is 0 Å². The van der Waals surface area contributed by atoms with Crippen molar-refractivity contribution in [3.63, 3.8) is 0 Å². The molecule has 0 bridgehead atoms. The van der Waals surface area contributed by atoms with Gasteiger partial charge in [-0.3, -0.25) is 0 Å². The molecule has 4 N–H and O–H groups in total. The summed E-state index contributed by atoms with van der Waals surface area (Å²) in [5, 5.41) is 9.12. The monoisotopic (exact) mass is 207 g/mol. The molecule has 0 fully saturated rings. The number of carboxylic acid groups (broad SMARTS) is 1. The summed E-state index contributed by atoms with van der Waals surface area (Å²) >= 11 is 11.1. The third-order valence-corrected chi connectivity index (χ3v) is 1.71. The third kappa shape index (κ3) is 2.37. The van der Waals surface area contributed by atoms with Crippen molar-refractivity contribution in [2.24, 2.45) is 0 Å². The molecule has 0 heterocycles. The van der Waals surface area contributed by atoms with E-state index in [2.05, 4.69) is 0 Å². The topological polar surface area (TPSA) is 72.3 Å². The van der Waals surface area contributed by atoms with Crippen molar-refractivity contribution in [2.75, 3.05) is 0 Å². The Kier molecular flexibility index (Phi) is 4.03. The van der Waals surface area contributed by atoms with Crippen LogP contribution in [0.1, 0.15) is 10.4 Å². The van der Waals surface area contributed by atoms with Gasteiger partial charge in [0.25, 0.3) is 0 Å². The number of benzene rings is 1. The van der Waals surface area contributed by atoms with Crippen molar-refractivity contribution < 1.29 is 9.90 Å². The number of hydrogen-bond donors (Lipinski definition) is 2. The van der Waals surface area contributed by atoms with E-state index in [9.17, 15) is 4.79 Å². The Balaban J connectivity index is 0.00000121. The van der Waals surface area contributed by atoms with Gasteiger partial charge < -0.3 is 11.3 Å². The lowest BCUT2D eigenvalue weighted by Gasteiger charge is -1.96. The molecule has 3 nitrogen and oxygen atoms in total. The molecule has 0 aliphatic heterocycles. The van der Waals surface area contributed by atoms with E-state index in [1.54, 1.807) is 0 Å². The second kappa shape index (κ2) is 4.30. The standard InChI is InChI=1S/C7H4Cl2O2.H3N/c8-4-1-2-5(7(10)11)6(9)3-4;/h1-3H,(H,10,11);1H3. The van der Waals surface area contributed by atoms with Crippen LogP contribution in [0.15, 0.2) is 18.2 Å². The van der Waals surface area contributed by atoms with Crippen molar-refractivity contribution in [3.05, 3.63) is 33.8 Å². The van der Waals surface area contributed by atoms with E-state index in [1.807, 2.05) is 0 Å². The van der Waals surface area contributed by atoms with E-state index in [0.717, 1.165) is 0 Å². The Morgan fingerprint density at radius 3 is 2.33 bits per heavy atom. The first-order chi connectivity index (χ1) is 5.11. The zero-order valence-electron chi connectivity index (χ0n) is 6.05. The van der Waals surface area contributed by atoms with E-state index in [0.29, 0.717) is 5.02 Å². The van der Waals surface area contributed by atoms with Crippen molar-refractivity contribution in [1.29, 1.82) is 0 Å². The van der Waals surface area contributed by atoms with Crippen molar-refractivity contribution in [3.8, 4) is 0 Å². The minimum absolute atomic E-state index is 0. The predicted molar refractivity (Wildman–Crippen MR) is 48.4 cm³/mol. The van der Waals surface area contributed by atoms with Gasteiger partial charge in [0.2, 0.25) is 0 Å². The minimum Gasteiger partial charge on any atom is -0.478 e. The average Bonchev–Trinajstić information content (AvgIpc) is 1.85. The molecule has 0 saturated carbocycles. The van der Waals surface area contributed by atoms with Crippen molar-refractivity contribution >= 4 is 29.2 Å². The summed E-state index contributed by atoms with van der Waals surface area (Å²) in [5.74, 6) is -1.05. The van der Waals surface area contributed by atoms with Crippen LogP contribution in [0, 0.1) is 0 Å². The fraction of sp³-hybridized carbons (Fsp3) is 0. The molecule has 12 heavy (non-hydrogen) atoms. The molecule has 0 atom stereocenters. The summed E-state index contributed by atoms with van der Waals surface area (Å²) < 4.78 is 0. The smallest absolute Gasteiger partial charge is 0.337 e. The second-order valence-electron chi connectivity index (χ2n) is 1.93. The fourth-order valence-electron chi connectivity index (χ4n) is 0.663. The number of rotatable bonds is 1. The van der Waals surface area contributed by atoms with Gasteiger partial charge in [0, 0.05) is 5.02 Å². The molecule has 1 rings (SSSR count). The minimum atomic E-state index is -1.05. The molecule has 1 aromatic carbocycles. The fourth-order valence-corrected chi connectivity index (χ4v) is 1.15. The lowest BCUT2D eigenvalue weighted by atomic mass is 10.2. The van der Waals surface area contributed by atoms with Crippen LogP contribution in [0.5, 0.6) is 0 Å². The number of halogens is 2. The van der Waals surface area contributed by atoms with Gasteiger partial charge >= 0.3 is 5.97 Å². The van der Waals surface area contributed by atoms with Crippen LogP contribution in [-0.4, -0.2) is 11.1 Å². The van der Waals surface area contributed by atoms with Crippen LogP contribution in [0.3, 0.4) is 0 Å². The maximum absolute atomic E-state index is 10.4. The number of carbonyl (C=O) groups is 1. The van der Waals surface area contributed by atoms with Gasteiger partial charge in [0.15, 0.2) is 0 Å². The molecule has 0 amide bonds. The molecular formula is C7H7Cl2NO2. The first kappa shape index (κ1) is 11.2. The molecule has 0 aliphatic carbocycles. The highest BCUT2D eigenvalue weighted by Crippen LogP contribution is 2.20. The van der Waals surface area contributed by atoms with Crippen LogP contribution in [0.25, 0.3) is 0 Å². The first-order valence-corrected chi connectivity index (χ1v) is 3.55. The van der Waals surface area contributed by atoms with Gasteiger partial charge in [0.05, 0.1) is 10.6 Å². The van der Waals surface area contributed by atoms with Gasteiger partial charge in [0.1, 0.15) is 0 Å². The zero-order valence-corrected chi connectivity index (χ0v) is 7.56. The normalized spacial score (nSPS) is 8.83. The molecule has 1 aromatic rings. The second-order valence-corrected chi connectivity index (χ2v) is 2.77. The molecule has 0 radical (unpaired) electrons. The summed E-state index contributed by atoms with van der Waals surface area (Å²) in [5.41, 5.74) is 0.0658. The summed E-state index contributed by atoms with van der Waals surface area (Å²) in [6.07, 6.45) is 0. The summed E-state index contributed by atoms with van der Waals surface area (Å²) in [6.45, 7) is 0. The van der Waals surface area contributed by atoms with Gasteiger partial charge in [-0.2, -0.15) is 0 Å². The highest BCUT2D eigenvalue weighted by molar-refractivity contribution is 6.36. The summed E-state index contributed by atoms with van der Waals surface area (Å²) in [7, 11) is 0. The maximum atomic E-state index is 10.4. The molecule has 0 aromatic heterocycles. The van der Waals surface area contributed by atoms with E-state index >= 15 is 0 Å².